The van der Waals surface area contributed by atoms with Gasteiger partial charge in [-0.3, -0.25) is 4.79 Å². The summed E-state index contributed by atoms with van der Waals surface area (Å²) in [4.78, 5) is 12.1. The molecule has 1 N–H and O–H groups in total. The summed E-state index contributed by atoms with van der Waals surface area (Å²) in [6.07, 6.45) is 0.814. The van der Waals surface area contributed by atoms with Gasteiger partial charge in [0.2, 0.25) is 0 Å². The number of methoxy groups -OCH3 is 1. The maximum absolute atomic E-state index is 12.1. The predicted molar refractivity (Wildman–Crippen MR) is 83.2 cm³/mol. The Morgan fingerprint density at radius 3 is 2.65 bits per heavy atom. The van der Waals surface area contributed by atoms with E-state index in [0.29, 0.717) is 17.9 Å². The average molecular weight is 334 g/mol. The first-order valence-electron chi connectivity index (χ1n) is 6.36. The van der Waals surface area contributed by atoms with Crippen molar-refractivity contribution >= 4 is 21.8 Å². The summed E-state index contributed by atoms with van der Waals surface area (Å²) in [6, 6.07) is 15.4. The lowest BCUT2D eigenvalue weighted by molar-refractivity contribution is 0.0953. The highest BCUT2D eigenvalue weighted by atomic mass is 79.9. The Bertz CT molecular complexity index is 584. The summed E-state index contributed by atoms with van der Waals surface area (Å²) in [5, 5.41) is 2.92. The van der Waals surface area contributed by atoms with Crippen LogP contribution in [0.5, 0.6) is 5.75 Å². The van der Waals surface area contributed by atoms with Crippen molar-refractivity contribution in [3.05, 3.63) is 64.1 Å². The molecule has 2 aromatic carbocycles. The molecule has 0 aromatic heterocycles. The average Bonchev–Trinajstić information content (AvgIpc) is 2.48. The Morgan fingerprint density at radius 2 is 1.95 bits per heavy atom. The van der Waals surface area contributed by atoms with Gasteiger partial charge in [-0.05, 0) is 46.1 Å². The molecule has 0 bridgehead atoms. The van der Waals surface area contributed by atoms with Gasteiger partial charge in [0.25, 0.3) is 5.91 Å². The zero-order valence-electron chi connectivity index (χ0n) is 11.2. The molecular formula is C16H16BrNO2. The Balaban J connectivity index is 1.95. The zero-order chi connectivity index (χ0) is 14.4. The fourth-order valence-electron chi connectivity index (χ4n) is 1.87. The number of benzene rings is 2. The lowest BCUT2D eigenvalue weighted by Gasteiger charge is -2.08. The Labute approximate surface area is 127 Å². The van der Waals surface area contributed by atoms with Gasteiger partial charge in [0.15, 0.2) is 0 Å². The van der Waals surface area contributed by atoms with Crippen LogP contribution in [0.2, 0.25) is 0 Å². The molecular weight excluding hydrogens is 318 g/mol. The number of halogens is 1. The molecule has 0 saturated heterocycles. The fourth-order valence-corrected chi connectivity index (χ4v) is 2.29. The molecule has 4 heteroatoms. The predicted octanol–water partition coefficient (Wildman–Crippen LogP) is 3.43. The standard InChI is InChI=1S/C16H16BrNO2/c1-20-13-7-8-15(17)14(11-13)16(19)18-10-9-12-5-3-2-4-6-12/h2-8,11H,9-10H2,1H3,(H,18,19). The highest BCUT2D eigenvalue weighted by molar-refractivity contribution is 9.10. The topological polar surface area (TPSA) is 38.3 Å². The first-order chi connectivity index (χ1) is 9.70. The van der Waals surface area contributed by atoms with Gasteiger partial charge < -0.3 is 10.1 Å². The molecule has 0 atom stereocenters. The lowest BCUT2D eigenvalue weighted by atomic mass is 10.1. The number of nitrogens with one attached hydrogen (secondary N) is 1. The molecule has 0 aliphatic rings. The van der Waals surface area contributed by atoms with Crippen LogP contribution >= 0.6 is 15.9 Å². The monoisotopic (exact) mass is 333 g/mol. The minimum Gasteiger partial charge on any atom is -0.497 e. The lowest BCUT2D eigenvalue weighted by Crippen LogP contribution is -2.26. The second-order valence-electron chi connectivity index (χ2n) is 4.34. The SMILES string of the molecule is COc1ccc(Br)c(C(=O)NCCc2ccccc2)c1. The van der Waals surface area contributed by atoms with Crippen molar-refractivity contribution in [3.63, 3.8) is 0 Å². The molecule has 20 heavy (non-hydrogen) atoms. The second-order valence-corrected chi connectivity index (χ2v) is 5.19. The van der Waals surface area contributed by atoms with Crippen molar-refractivity contribution in [1.29, 1.82) is 0 Å². The van der Waals surface area contributed by atoms with Gasteiger partial charge >= 0.3 is 0 Å². The summed E-state index contributed by atoms with van der Waals surface area (Å²) < 4.78 is 5.89. The molecule has 0 saturated carbocycles. The van der Waals surface area contributed by atoms with Gasteiger partial charge in [-0.1, -0.05) is 30.3 Å². The molecule has 2 aromatic rings. The number of rotatable bonds is 5. The van der Waals surface area contributed by atoms with Crippen LogP contribution in [0.25, 0.3) is 0 Å². The molecule has 1 amide bonds. The van der Waals surface area contributed by atoms with Gasteiger partial charge in [-0.2, -0.15) is 0 Å². The molecule has 3 nitrogen and oxygen atoms in total. The highest BCUT2D eigenvalue weighted by Gasteiger charge is 2.10. The van der Waals surface area contributed by atoms with E-state index in [9.17, 15) is 4.79 Å². The van der Waals surface area contributed by atoms with Gasteiger partial charge in [0, 0.05) is 11.0 Å². The molecule has 2 rings (SSSR count). The third kappa shape index (κ3) is 3.84. The first-order valence-corrected chi connectivity index (χ1v) is 7.15. The summed E-state index contributed by atoms with van der Waals surface area (Å²) in [5.74, 6) is 0.563. The Morgan fingerprint density at radius 1 is 1.20 bits per heavy atom. The van der Waals surface area contributed by atoms with E-state index in [0.717, 1.165) is 10.9 Å². The molecule has 0 spiro atoms. The summed E-state index contributed by atoms with van der Waals surface area (Å²) in [5.41, 5.74) is 1.79. The normalized spacial score (nSPS) is 10.1. The van der Waals surface area contributed by atoms with E-state index in [-0.39, 0.29) is 5.91 Å². The van der Waals surface area contributed by atoms with Crippen LogP contribution in [0.3, 0.4) is 0 Å². The fraction of sp³-hybridized carbons (Fsp3) is 0.188. The molecule has 0 fully saturated rings. The van der Waals surface area contributed by atoms with Crippen LogP contribution < -0.4 is 10.1 Å². The van der Waals surface area contributed by atoms with Gasteiger partial charge in [-0.25, -0.2) is 0 Å². The number of hydrogen-bond acceptors (Lipinski definition) is 2. The van der Waals surface area contributed by atoms with E-state index >= 15 is 0 Å². The van der Waals surface area contributed by atoms with Crippen molar-refractivity contribution in [3.8, 4) is 5.75 Å². The summed E-state index contributed by atoms with van der Waals surface area (Å²) >= 11 is 3.38. The highest BCUT2D eigenvalue weighted by Crippen LogP contribution is 2.22. The maximum atomic E-state index is 12.1. The summed E-state index contributed by atoms with van der Waals surface area (Å²) in [7, 11) is 1.58. The van der Waals surface area contributed by atoms with Crippen LogP contribution in [0, 0.1) is 0 Å². The van der Waals surface area contributed by atoms with Crippen LogP contribution in [0.4, 0.5) is 0 Å². The molecule has 0 radical (unpaired) electrons. The largest absolute Gasteiger partial charge is 0.497 e. The van der Waals surface area contributed by atoms with E-state index in [4.69, 9.17) is 4.74 Å². The first kappa shape index (κ1) is 14.6. The van der Waals surface area contributed by atoms with Crippen molar-refractivity contribution in [2.45, 2.75) is 6.42 Å². The Kier molecular flexibility index (Phi) is 5.18. The van der Waals surface area contributed by atoms with Gasteiger partial charge in [0.1, 0.15) is 5.75 Å². The van der Waals surface area contributed by atoms with E-state index in [1.165, 1.54) is 5.56 Å². The third-order valence-electron chi connectivity index (χ3n) is 2.96. The maximum Gasteiger partial charge on any atom is 0.252 e. The number of carbonyl (C=O) groups excluding carboxylic acids is 1. The van der Waals surface area contributed by atoms with Crippen molar-refractivity contribution in [1.82, 2.24) is 5.32 Å². The van der Waals surface area contributed by atoms with Gasteiger partial charge in [0.05, 0.1) is 12.7 Å². The molecule has 0 aliphatic heterocycles. The number of ether oxygens (including phenoxy) is 1. The van der Waals surface area contributed by atoms with Crippen LogP contribution in [0.1, 0.15) is 15.9 Å². The van der Waals surface area contributed by atoms with Gasteiger partial charge in [-0.15, -0.1) is 0 Å². The van der Waals surface area contributed by atoms with E-state index in [1.807, 2.05) is 42.5 Å². The van der Waals surface area contributed by atoms with Crippen molar-refractivity contribution in [2.75, 3.05) is 13.7 Å². The molecule has 104 valence electrons. The number of amides is 1. The van der Waals surface area contributed by atoms with E-state index in [2.05, 4.69) is 21.2 Å². The molecule has 0 aliphatic carbocycles. The minimum atomic E-state index is -0.105. The van der Waals surface area contributed by atoms with Crippen molar-refractivity contribution < 1.29 is 9.53 Å². The van der Waals surface area contributed by atoms with E-state index < -0.39 is 0 Å². The van der Waals surface area contributed by atoms with Crippen LogP contribution in [0.15, 0.2) is 53.0 Å². The molecule has 0 unspecified atom stereocenters. The smallest absolute Gasteiger partial charge is 0.252 e. The van der Waals surface area contributed by atoms with Crippen LogP contribution in [-0.4, -0.2) is 19.6 Å². The summed E-state index contributed by atoms with van der Waals surface area (Å²) in [6.45, 7) is 0.604. The Hall–Kier alpha value is -1.81. The second kappa shape index (κ2) is 7.10. The molecule has 0 heterocycles. The number of carbonyl (C=O) groups is 1. The van der Waals surface area contributed by atoms with E-state index in [1.54, 1.807) is 13.2 Å². The quantitative estimate of drug-likeness (QED) is 0.910. The van der Waals surface area contributed by atoms with Crippen molar-refractivity contribution in [2.24, 2.45) is 0 Å². The third-order valence-corrected chi connectivity index (χ3v) is 3.65. The zero-order valence-corrected chi connectivity index (χ0v) is 12.8. The van der Waals surface area contributed by atoms with Crippen LogP contribution in [-0.2, 0) is 6.42 Å². The minimum absolute atomic E-state index is 0.105. The number of hydrogen-bond donors (Lipinski definition) is 1.